The number of fused-ring (bicyclic) bond motifs is 6. The van der Waals surface area contributed by atoms with Crippen molar-refractivity contribution in [1.82, 2.24) is 9.97 Å². The molecule has 0 radical (unpaired) electrons. The molecular formula is C46H28N2OS. The van der Waals surface area contributed by atoms with E-state index in [4.69, 9.17) is 14.4 Å². The van der Waals surface area contributed by atoms with E-state index in [0.717, 1.165) is 66.7 Å². The van der Waals surface area contributed by atoms with Crippen LogP contribution >= 0.6 is 11.3 Å². The minimum absolute atomic E-state index is 0.677. The fourth-order valence-electron chi connectivity index (χ4n) is 7.10. The summed E-state index contributed by atoms with van der Waals surface area (Å²) in [6, 6.07) is 59.6. The van der Waals surface area contributed by atoms with Gasteiger partial charge in [0.15, 0.2) is 5.82 Å². The van der Waals surface area contributed by atoms with Gasteiger partial charge in [0.25, 0.3) is 0 Å². The molecule has 10 rings (SSSR count). The predicted octanol–water partition coefficient (Wildman–Crippen LogP) is 13.1. The van der Waals surface area contributed by atoms with E-state index >= 15 is 0 Å². The number of aromatic nitrogens is 2. The number of hydrogen-bond donors (Lipinski definition) is 0. The highest BCUT2D eigenvalue weighted by Gasteiger charge is 2.19. The van der Waals surface area contributed by atoms with Crippen molar-refractivity contribution in [2.24, 2.45) is 0 Å². The fourth-order valence-corrected chi connectivity index (χ4v) is 8.25. The van der Waals surface area contributed by atoms with Gasteiger partial charge in [0.2, 0.25) is 0 Å². The Morgan fingerprint density at radius 1 is 0.380 bits per heavy atom. The molecule has 0 aliphatic rings. The van der Waals surface area contributed by atoms with E-state index in [9.17, 15) is 0 Å². The standard InChI is InChI=1S/C46H28N2OS/c1-3-12-29(13-4-1)31-22-24-33(39(26-31)30-14-5-2-6-15-30)40-28-41(38-19-11-18-37-34-16-7-9-20-42(34)49-45(37)38)48-46(47-40)32-23-25-36-35-17-8-10-21-43(35)50-44(36)27-32/h1-28H. The highest BCUT2D eigenvalue weighted by atomic mass is 32.1. The lowest BCUT2D eigenvalue weighted by atomic mass is 9.92. The average Bonchev–Trinajstić information content (AvgIpc) is 3.76. The molecular weight excluding hydrogens is 629 g/mol. The van der Waals surface area contributed by atoms with Crippen LogP contribution in [0, 0.1) is 0 Å². The summed E-state index contributed by atoms with van der Waals surface area (Å²) in [5.74, 6) is 0.677. The second-order valence-electron chi connectivity index (χ2n) is 12.5. The number of hydrogen-bond acceptors (Lipinski definition) is 4. The third kappa shape index (κ3) is 4.80. The van der Waals surface area contributed by atoms with Crippen LogP contribution in [0.25, 0.3) is 98.3 Å². The fraction of sp³-hybridized carbons (Fsp3) is 0. The summed E-state index contributed by atoms with van der Waals surface area (Å²) >= 11 is 1.80. The zero-order valence-corrected chi connectivity index (χ0v) is 27.7. The molecule has 0 aliphatic heterocycles. The summed E-state index contributed by atoms with van der Waals surface area (Å²) in [4.78, 5) is 10.6. The van der Waals surface area contributed by atoms with E-state index in [0.29, 0.717) is 5.82 Å². The van der Waals surface area contributed by atoms with Crippen molar-refractivity contribution in [2.45, 2.75) is 0 Å². The summed E-state index contributed by atoms with van der Waals surface area (Å²) in [7, 11) is 0. The van der Waals surface area contributed by atoms with Gasteiger partial charge in [0, 0.05) is 47.6 Å². The molecule has 7 aromatic carbocycles. The summed E-state index contributed by atoms with van der Waals surface area (Å²) in [6.45, 7) is 0. The molecule has 0 saturated carbocycles. The van der Waals surface area contributed by atoms with Crippen molar-refractivity contribution in [3.63, 3.8) is 0 Å². The maximum absolute atomic E-state index is 6.52. The zero-order chi connectivity index (χ0) is 33.0. The highest BCUT2D eigenvalue weighted by Crippen LogP contribution is 2.41. The summed E-state index contributed by atoms with van der Waals surface area (Å²) < 4.78 is 9.01. The van der Waals surface area contributed by atoms with Crippen molar-refractivity contribution >= 4 is 53.4 Å². The van der Waals surface area contributed by atoms with Crippen LogP contribution in [0.3, 0.4) is 0 Å². The first kappa shape index (κ1) is 28.6. The lowest BCUT2D eigenvalue weighted by Gasteiger charge is -2.15. The van der Waals surface area contributed by atoms with Gasteiger partial charge in [0.1, 0.15) is 11.2 Å². The van der Waals surface area contributed by atoms with Crippen LogP contribution < -0.4 is 0 Å². The summed E-state index contributed by atoms with van der Waals surface area (Å²) in [5, 5.41) is 4.69. The number of thiophene rings is 1. The first-order chi connectivity index (χ1) is 24.8. The Bertz CT molecular complexity index is 2870. The summed E-state index contributed by atoms with van der Waals surface area (Å²) in [6.07, 6.45) is 0. The maximum atomic E-state index is 6.52. The lowest BCUT2D eigenvalue weighted by molar-refractivity contribution is 0.670. The molecule has 0 unspecified atom stereocenters. The van der Waals surface area contributed by atoms with E-state index in [-0.39, 0.29) is 0 Å². The Hall–Kier alpha value is -6.36. The third-order valence-electron chi connectivity index (χ3n) is 9.53. The second-order valence-corrected chi connectivity index (χ2v) is 13.6. The Kier molecular flexibility index (Phi) is 6.68. The van der Waals surface area contributed by atoms with Crippen molar-refractivity contribution in [1.29, 1.82) is 0 Å². The predicted molar refractivity (Wildman–Crippen MR) is 209 cm³/mol. The van der Waals surface area contributed by atoms with Crippen LogP contribution in [0.4, 0.5) is 0 Å². The SMILES string of the molecule is c1ccc(-c2ccc(-c3cc(-c4cccc5c4oc4ccccc45)nc(-c4ccc5c(c4)sc4ccccc45)n3)c(-c3ccccc3)c2)cc1. The minimum Gasteiger partial charge on any atom is -0.455 e. The number of para-hydroxylation sites is 2. The van der Waals surface area contributed by atoms with E-state index in [1.54, 1.807) is 11.3 Å². The highest BCUT2D eigenvalue weighted by molar-refractivity contribution is 7.25. The topological polar surface area (TPSA) is 38.9 Å². The van der Waals surface area contributed by atoms with Crippen molar-refractivity contribution < 1.29 is 4.42 Å². The Morgan fingerprint density at radius 3 is 1.88 bits per heavy atom. The van der Waals surface area contributed by atoms with Gasteiger partial charge >= 0.3 is 0 Å². The first-order valence-electron chi connectivity index (χ1n) is 16.7. The molecule has 0 N–H and O–H groups in total. The van der Waals surface area contributed by atoms with Gasteiger partial charge in [-0.3, -0.25) is 0 Å². The minimum atomic E-state index is 0.677. The third-order valence-corrected chi connectivity index (χ3v) is 10.7. The molecule has 0 bridgehead atoms. The van der Waals surface area contributed by atoms with Gasteiger partial charge in [-0.15, -0.1) is 11.3 Å². The van der Waals surface area contributed by atoms with Crippen LogP contribution in [0.15, 0.2) is 174 Å². The molecule has 234 valence electrons. The van der Waals surface area contributed by atoms with E-state index in [2.05, 4.69) is 158 Å². The molecule has 10 aromatic rings. The van der Waals surface area contributed by atoms with Crippen LogP contribution in [0.1, 0.15) is 0 Å². The average molecular weight is 657 g/mol. The Balaban J connectivity index is 1.23. The zero-order valence-electron chi connectivity index (χ0n) is 26.9. The molecule has 3 nitrogen and oxygen atoms in total. The molecule has 0 spiro atoms. The van der Waals surface area contributed by atoms with Gasteiger partial charge in [-0.05, 0) is 58.7 Å². The van der Waals surface area contributed by atoms with Gasteiger partial charge in [-0.1, -0.05) is 133 Å². The Labute approximate surface area is 292 Å². The second kappa shape index (κ2) is 11.7. The molecule has 50 heavy (non-hydrogen) atoms. The van der Waals surface area contributed by atoms with Gasteiger partial charge in [0.05, 0.1) is 11.4 Å². The van der Waals surface area contributed by atoms with E-state index in [1.807, 2.05) is 12.1 Å². The molecule has 0 saturated heterocycles. The quantitative estimate of drug-likeness (QED) is 0.185. The van der Waals surface area contributed by atoms with Crippen molar-refractivity contribution in [3.8, 4) is 56.2 Å². The number of furan rings is 1. The summed E-state index contributed by atoms with van der Waals surface area (Å²) in [5.41, 5.74) is 10.9. The number of rotatable bonds is 5. The maximum Gasteiger partial charge on any atom is 0.160 e. The molecule has 3 aromatic heterocycles. The van der Waals surface area contributed by atoms with Gasteiger partial charge < -0.3 is 4.42 Å². The van der Waals surface area contributed by atoms with Crippen molar-refractivity contribution in [2.75, 3.05) is 0 Å². The first-order valence-corrected chi connectivity index (χ1v) is 17.6. The molecule has 0 atom stereocenters. The number of benzene rings is 7. The smallest absolute Gasteiger partial charge is 0.160 e. The molecule has 4 heteroatoms. The molecule has 0 aliphatic carbocycles. The molecule has 0 fully saturated rings. The van der Waals surface area contributed by atoms with E-state index < -0.39 is 0 Å². The van der Waals surface area contributed by atoms with Crippen LogP contribution in [0.2, 0.25) is 0 Å². The van der Waals surface area contributed by atoms with Crippen LogP contribution in [0.5, 0.6) is 0 Å². The lowest BCUT2D eigenvalue weighted by Crippen LogP contribution is -1.97. The van der Waals surface area contributed by atoms with Crippen molar-refractivity contribution in [3.05, 3.63) is 170 Å². The molecule has 0 amide bonds. The largest absolute Gasteiger partial charge is 0.455 e. The number of nitrogens with zero attached hydrogens (tertiary/aromatic N) is 2. The van der Waals surface area contributed by atoms with Gasteiger partial charge in [-0.2, -0.15) is 0 Å². The Morgan fingerprint density at radius 2 is 1.04 bits per heavy atom. The monoisotopic (exact) mass is 656 g/mol. The van der Waals surface area contributed by atoms with Gasteiger partial charge in [-0.25, -0.2) is 9.97 Å². The normalized spacial score (nSPS) is 11.6. The molecule has 3 heterocycles. The van der Waals surface area contributed by atoms with Crippen LogP contribution in [-0.4, -0.2) is 9.97 Å². The van der Waals surface area contributed by atoms with E-state index in [1.165, 1.54) is 25.7 Å². The van der Waals surface area contributed by atoms with Crippen LogP contribution in [-0.2, 0) is 0 Å².